The van der Waals surface area contributed by atoms with E-state index < -0.39 is 0 Å². The van der Waals surface area contributed by atoms with Crippen molar-refractivity contribution in [1.29, 1.82) is 5.26 Å². The van der Waals surface area contributed by atoms with Crippen LogP contribution < -0.4 is 5.32 Å². The van der Waals surface area contributed by atoms with Crippen molar-refractivity contribution in [3.63, 3.8) is 0 Å². The van der Waals surface area contributed by atoms with Crippen LogP contribution >= 0.6 is 15.9 Å². The molecule has 3 aromatic rings. The Bertz CT molecular complexity index is 864. The lowest BCUT2D eigenvalue weighted by Gasteiger charge is -2.17. The van der Waals surface area contributed by atoms with Crippen LogP contribution in [0.1, 0.15) is 36.9 Å². The summed E-state index contributed by atoms with van der Waals surface area (Å²) in [6.07, 6.45) is 2.12. The van der Waals surface area contributed by atoms with Crippen LogP contribution in [0, 0.1) is 11.3 Å². The molecule has 128 valence electrons. The lowest BCUT2D eigenvalue weighted by Crippen LogP contribution is -2.13. The van der Waals surface area contributed by atoms with Crippen molar-refractivity contribution in [1.82, 2.24) is 4.98 Å². The largest absolute Gasteiger partial charge is 0.444 e. The van der Waals surface area contributed by atoms with Crippen LogP contribution in [0.2, 0.25) is 0 Å². The third-order valence-electron chi connectivity index (χ3n) is 3.93. The molecule has 2 aromatic heterocycles. The molecule has 0 spiro atoms. The highest BCUT2D eigenvalue weighted by Gasteiger charge is 2.18. The van der Waals surface area contributed by atoms with E-state index in [4.69, 9.17) is 8.83 Å². The molecule has 0 radical (unpaired) electrons. The van der Waals surface area contributed by atoms with Crippen LogP contribution in [0.4, 0.5) is 5.88 Å². The minimum atomic E-state index is 0.228. The van der Waals surface area contributed by atoms with Crippen LogP contribution in [0.15, 0.2) is 56.0 Å². The van der Waals surface area contributed by atoms with Gasteiger partial charge >= 0.3 is 0 Å². The molecule has 0 aliphatic heterocycles. The van der Waals surface area contributed by atoms with Crippen molar-refractivity contribution < 1.29 is 8.83 Å². The Kier molecular flexibility index (Phi) is 5.56. The van der Waals surface area contributed by atoms with Gasteiger partial charge in [-0.3, -0.25) is 0 Å². The molecule has 0 amide bonds. The smallest absolute Gasteiger partial charge is 0.266 e. The zero-order valence-electron chi connectivity index (χ0n) is 13.8. The van der Waals surface area contributed by atoms with E-state index >= 15 is 0 Å². The first kappa shape index (κ1) is 17.3. The molecule has 0 fully saturated rings. The van der Waals surface area contributed by atoms with Gasteiger partial charge in [-0.05, 0) is 40.0 Å². The van der Waals surface area contributed by atoms with E-state index in [-0.39, 0.29) is 11.6 Å². The molecule has 0 saturated carbocycles. The van der Waals surface area contributed by atoms with Gasteiger partial charge in [-0.2, -0.15) is 10.2 Å². The number of furan rings is 1. The van der Waals surface area contributed by atoms with E-state index in [9.17, 15) is 5.26 Å². The molecule has 0 unspecified atom stereocenters. The lowest BCUT2D eigenvalue weighted by molar-refractivity contribution is 0.507. The van der Waals surface area contributed by atoms with Crippen LogP contribution in [-0.2, 0) is 0 Å². The first-order valence-electron chi connectivity index (χ1n) is 8.16. The van der Waals surface area contributed by atoms with Gasteiger partial charge in [-0.1, -0.05) is 43.7 Å². The lowest BCUT2D eigenvalue weighted by atomic mass is 9.94. The van der Waals surface area contributed by atoms with Crippen LogP contribution in [0.3, 0.4) is 0 Å². The van der Waals surface area contributed by atoms with Crippen LogP contribution in [0.25, 0.3) is 11.7 Å². The maximum Gasteiger partial charge on any atom is 0.266 e. The Labute approximate surface area is 154 Å². The molecular weight excluding hydrogens is 382 g/mol. The maximum absolute atomic E-state index is 9.32. The van der Waals surface area contributed by atoms with E-state index in [1.54, 1.807) is 12.1 Å². The van der Waals surface area contributed by atoms with Crippen molar-refractivity contribution in [2.75, 3.05) is 11.9 Å². The van der Waals surface area contributed by atoms with Gasteiger partial charge in [0, 0.05) is 12.5 Å². The van der Waals surface area contributed by atoms with Gasteiger partial charge in [0.15, 0.2) is 10.4 Å². The van der Waals surface area contributed by atoms with Gasteiger partial charge in [-0.25, -0.2) is 0 Å². The number of nitriles is 1. The molecule has 6 heteroatoms. The monoisotopic (exact) mass is 399 g/mol. The molecule has 0 saturated heterocycles. The summed E-state index contributed by atoms with van der Waals surface area (Å²) < 4.78 is 11.7. The fourth-order valence-electron chi connectivity index (χ4n) is 2.73. The Morgan fingerprint density at radius 3 is 2.64 bits per heavy atom. The number of rotatable bonds is 7. The topological polar surface area (TPSA) is 75.0 Å². The van der Waals surface area contributed by atoms with Gasteiger partial charge in [-0.15, -0.1) is 0 Å². The Morgan fingerprint density at radius 1 is 1.20 bits per heavy atom. The summed E-state index contributed by atoms with van der Waals surface area (Å²) in [4.78, 5) is 4.20. The number of anilines is 1. The van der Waals surface area contributed by atoms with E-state index in [0.717, 1.165) is 12.8 Å². The highest BCUT2D eigenvalue weighted by atomic mass is 79.9. The molecule has 0 aliphatic rings. The molecule has 5 nitrogen and oxygen atoms in total. The highest BCUT2D eigenvalue weighted by Crippen LogP contribution is 2.29. The summed E-state index contributed by atoms with van der Waals surface area (Å²) in [5, 5.41) is 12.6. The summed E-state index contributed by atoms with van der Waals surface area (Å²) in [5.74, 6) is 1.48. The number of nitrogens with one attached hydrogen (secondary N) is 1. The van der Waals surface area contributed by atoms with E-state index in [1.807, 2.05) is 18.2 Å². The second-order valence-electron chi connectivity index (χ2n) is 5.69. The second kappa shape index (κ2) is 8.04. The highest BCUT2D eigenvalue weighted by molar-refractivity contribution is 9.10. The van der Waals surface area contributed by atoms with E-state index in [1.165, 1.54) is 5.56 Å². The standard InChI is InChI=1S/C19H18BrN3O2/c1-2-6-14(13-7-4-3-5-8-13)12-22-18-15(11-21)23-19(25-18)16-9-10-17(20)24-16/h3-5,7-10,14,22H,2,6,12H2,1H3/t14-/m0/s1. The van der Waals surface area contributed by atoms with Crippen molar-refractivity contribution >= 4 is 21.8 Å². The number of hydrogen-bond donors (Lipinski definition) is 1. The summed E-state index contributed by atoms with van der Waals surface area (Å²) in [6, 6.07) is 15.9. The van der Waals surface area contributed by atoms with Crippen LogP contribution in [-0.4, -0.2) is 11.5 Å². The van der Waals surface area contributed by atoms with Crippen molar-refractivity contribution in [3.05, 3.63) is 58.4 Å². The molecule has 0 aliphatic carbocycles. The predicted octanol–water partition coefficient (Wildman–Crippen LogP) is 5.56. The van der Waals surface area contributed by atoms with Gasteiger partial charge in [0.05, 0.1) is 0 Å². The fourth-order valence-corrected chi connectivity index (χ4v) is 3.03. The summed E-state index contributed by atoms with van der Waals surface area (Å²) in [6.45, 7) is 2.83. The third-order valence-corrected chi connectivity index (χ3v) is 4.36. The average Bonchev–Trinajstić information content (AvgIpc) is 3.25. The quantitative estimate of drug-likeness (QED) is 0.562. The molecule has 1 aromatic carbocycles. The van der Waals surface area contributed by atoms with Crippen molar-refractivity contribution in [3.8, 4) is 17.7 Å². The molecule has 1 N–H and O–H groups in total. The maximum atomic E-state index is 9.32. The fraction of sp³-hybridized carbons (Fsp3) is 0.263. The molecule has 0 bridgehead atoms. The first-order valence-corrected chi connectivity index (χ1v) is 8.96. The van der Waals surface area contributed by atoms with E-state index in [2.05, 4.69) is 51.4 Å². The normalized spacial score (nSPS) is 11.9. The van der Waals surface area contributed by atoms with E-state index in [0.29, 0.717) is 28.8 Å². The number of halogens is 1. The minimum Gasteiger partial charge on any atom is -0.444 e. The number of oxazole rings is 1. The molecule has 3 rings (SSSR count). The van der Waals surface area contributed by atoms with Gasteiger partial charge in [0.25, 0.3) is 5.89 Å². The van der Waals surface area contributed by atoms with Gasteiger partial charge in [0.1, 0.15) is 6.07 Å². The Morgan fingerprint density at radius 2 is 2.00 bits per heavy atom. The number of benzene rings is 1. The number of aromatic nitrogens is 1. The molecule has 25 heavy (non-hydrogen) atoms. The molecular formula is C19H18BrN3O2. The Hall–Kier alpha value is -2.52. The zero-order valence-corrected chi connectivity index (χ0v) is 15.4. The summed E-state index contributed by atoms with van der Waals surface area (Å²) in [5.41, 5.74) is 1.50. The summed E-state index contributed by atoms with van der Waals surface area (Å²) >= 11 is 3.25. The van der Waals surface area contributed by atoms with Crippen molar-refractivity contribution in [2.45, 2.75) is 25.7 Å². The number of hydrogen-bond acceptors (Lipinski definition) is 5. The zero-order chi connectivity index (χ0) is 17.6. The van der Waals surface area contributed by atoms with Gasteiger partial charge in [0.2, 0.25) is 11.6 Å². The molecule has 2 heterocycles. The average molecular weight is 400 g/mol. The first-order chi connectivity index (χ1) is 12.2. The molecule has 1 atom stereocenters. The second-order valence-corrected chi connectivity index (χ2v) is 6.47. The SMILES string of the molecule is CCC[C@@H](CNc1oc(-c2ccc(Br)o2)nc1C#N)c1ccccc1. The minimum absolute atomic E-state index is 0.228. The van der Waals surface area contributed by atoms with Crippen LogP contribution in [0.5, 0.6) is 0 Å². The van der Waals surface area contributed by atoms with Crippen molar-refractivity contribution in [2.24, 2.45) is 0 Å². The Balaban J connectivity index is 1.77. The third kappa shape index (κ3) is 4.12. The summed E-state index contributed by atoms with van der Waals surface area (Å²) in [7, 11) is 0. The van der Waals surface area contributed by atoms with Gasteiger partial charge < -0.3 is 14.2 Å². The predicted molar refractivity (Wildman–Crippen MR) is 99.2 cm³/mol. The number of nitrogens with zero attached hydrogens (tertiary/aromatic N) is 2.